The molecule has 0 amide bonds. The molecular formula is C13H13NO3S. The van der Waals surface area contributed by atoms with E-state index in [9.17, 15) is 9.59 Å². The van der Waals surface area contributed by atoms with Crippen molar-refractivity contribution in [3.8, 4) is 0 Å². The Morgan fingerprint density at radius 1 is 1.44 bits per heavy atom. The minimum absolute atomic E-state index is 0.0284. The second-order valence-corrected chi connectivity index (χ2v) is 4.07. The molecular weight excluding hydrogens is 250 g/mol. The van der Waals surface area contributed by atoms with Gasteiger partial charge in [0.2, 0.25) is 5.43 Å². The van der Waals surface area contributed by atoms with E-state index in [1.165, 1.54) is 6.20 Å². The number of esters is 1. The Morgan fingerprint density at radius 2 is 2.22 bits per heavy atom. The van der Waals surface area contributed by atoms with E-state index < -0.39 is 5.97 Å². The first-order valence-electron chi connectivity index (χ1n) is 5.60. The van der Waals surface area contributed by atoms with Crippen LogP contribution in [0.1, 0.15) is 22.8 Å². The molecule has 0 unspecified atom stereocenters. The number of aromatic amines is 1. The monoisotopic (exact) mass is 263 g/mol. The minimum Gasteiger partial charge on any atom is -0.462 e. The first-order valence-corrected chi connectivity index (χ1v) is 6.23. The van der Waals surface area contributed by atoms with Crippen molar-refractivity contribution in [2.45, 2.75) is 12.7 Å². The van der Waals surface area contributed by atoms with Crippen molar-refractivity contribution in [1.82, 2.24) is 4.98 Å². The van der Waals surface area contributed by atoms with Gasteiger partial charge in [0, 0.05) is 17.3 Å². The zero-order valence-electron chi connectivity index (χ0n) is 9.90. The number of pyridine rings is 1. The van der Waals surface area contributed by atoms with Gasteiger partial charge < -0.3 is 9.72 Å². The first-order chi connectivity index (χ1) is 8.69. The van der Waals surface area contributed by atoms with Gasteiger partial charge in [-0.1, -0.05) is 12.1 Å². The minimum atomic E-state index is -0.600. The lowest BCUT2D eigenvalue weighted by Crippen LogP contribution is -2.18. The van der Waals surface area contributed by atoms with Crippen LogP contribution in [0, 0.1) is 0 Å². The largest absolute Gasteiger partial charge is 0.462 e. The lowest BCUT2D eigenvalue weighted by Gasteiger charge is -2.06. The third-order valence-corrected chi connectivity index (χ3v) is 3.01. The number of hydrogen-bond acceptors (Lipinski definition) is 4. The molecule has 0 aliphatic heterocycles. The Balaban J connectivity index is 2.65. The summed E-state index contributed by atoms with van der Waals surface area (Å²) in [5.41, 5.74) is 1.35. The van der Waals surface area contributed by atoms with Gasteiger partial charge >= 0.3 is 5.97 Å². The highest BCUT2D eigenvalue weighted by atomic mass is 32.1. The number of nitrogens with one attached hydrogen (secondary N) is 1. The fourth-order valence-corrected chi connectivity index (χ4v) is 2.07. The predicted octanol–water partition coefficient (Wildman–Crippen LogP) is 2.13. The summed E-state index contributed by atoms with van der Waals surface area (Å²) in [4.78, 5) is 26.7. The molecule has 0 saturated carbocycles. The normalized spacial score (nSPS) is 10.6. The van der Waals surface area contributed by atoms with Crippen LogP contribution >= 0.6 is 12.6 Å². The standard InChI is InChI=1S/C13H13NO3S/c1-2-17-13(16)10-6-14-11-8(7-18)4-3-5-9(11)12(10)15/h3-6,18H,2,7H2,1H3,(H,14,15). The van der Waals surface area contributed by atoms with E-state index in [-0.39, 0.29) is 17.6 Å². The highest BCUT2D eigenvalue weighted by Gasteiger charge is 2.14. The van der Waals surface area contributed by atoms with Crippen LogP contribution in [0.4, 0.5) is 0 Å². The maximum Gasteiger partial charge on any atom is 0.343 e. The van der Waals surface area contributed by atoms with E-state index in [1.807, 2.05) is 6.07 Å². The highest BCUT2D eigenvalue weighted by molar-refractivity contribution is 7.79. The third kappa shape index (κ3) is 2.13. The molecule has 0 saturated heterocycles. The number of fused-ring (bicyclic) bond motifs is 1. The number of H-pyrrole nitrogens is 1. The zero-order valence-corrected chi connectivity index (χ0v) is 10.8. The van der Waals surface area contributed by atoms with Crippen molar-refractivity contribution in [3.63, 3.8) is 0 Å². The van der Waals surface area contributed by atoms with Crippen LogP contribution in [0.15, 0.2) is 29.2 Å². The van der Waals surface area contributed by atoms with Gasteiger partial charge in [-0.2, -0.15) is 12.6 Å². The smallest absolute Gasteiger partial charge is 0.343 e. The molecule has 1 heterocycles. The number of aromatic nitrogens is 1. The Kier molecular flexibility index (Phi) is 3.72. The number of benzene rings is 1. The second-order valence-electron chi connectivity index (χ2n) is 3.75. The van der Waals surface area contributed by atoms with Gasteiger partial charge in [0.25, 0.3) is 0 Å². The fourth-order valence-electron chi connectivity index (χ4n) is 1.81. The van der Waals surface area contributed by atoms with Gasteiger partial charge in [-0.05, 0) is 18.6 Å². The molecule has 5 heteroatoms. The lowest BCUT2D eigenvalue weighted by atomic mass is 10.1. The fraction of sp³-hybridized carbons (Fsp3) is 0.231. The maximum absolute atomic E-state index is 12.2. The van der Waals surface area contributed by atoms with Crippen LogP contribution < -0.4 is 5.43 Å². The van der Waals surface area contributed by atoms with Gasteiger partial charge in [-0.15, -0.1) is 0 Å². The van der Waals surface area contributed by atoms with Crippen LogP contribution in [-0.4, -0.2) is 17.6 Å². The van der Waals surface area contributed by atoms with Gasteiger partial charge in [-0.25, -0.2) is 4.79 Å². The van der Waals surface area contributed by atoms with Crippen LogP contribution in [0.5, 0.6) is 0 Å². The number of thiol groups is 1. The van der Waals surface area contributed by atoms with Gasteiger partial charge in [0.15, 0.2) is 0 Å². The summed E-state index contributed by atoms with van der Waals surface area (Å²) in [6, 6.07) is 5.34. The van der Waals surface area contributed by atoms with Crippen molar-refractivity contribution >= 4 is 29.5 Å². The average Bonchev–Trinajstić information content (AvgIpc) is 2.39. The summed E-state index contributed by atoms with van der Waals surface area (Å²) >= 11 is 4.21. The molecule has 0 aliphatic rings. The maximum atomic E-state index is 12.2. The van der Waals surface area contributed by atoms with E-state index >= 15 is 0 Å². The molecule has 1 aromatic heterocycles. The molecule has 0 atom stereocenters. The summed E-state index contributed by atoms with van der Waals surface area (Å²) in [7, 11) is 0. The van der Waals surface area contributed by atoms with E-state index in [0.29, 0.717) is 16.7 Å². The van der Waals surface area contributed by atoms with Gasteiger partial charge in [0.05, 0.1) is 12.1 Å². The molecule has 4 nitrogen and oxygen atoms in total. The lowest BCUT2D eigenvalue weighted by molar-refractivity contribution is 0.0524. The molecule has 18 heavy (non-hydrogen) atoms. The van der Waals surface area contributed by atoms with E-state index in [4.69, 9.17) is 4.74 Å². The molecule has 94 valence electrons. The molecule has 1 N–H and O–H groups in total. The molecule has 0 fully saturated rings. The van der Waals surface area contributed by atoms with Gasteiger partial charge in [0.1, 0.15) is 5.56 Å². The Hall–Kier alpha value is -1.75. The van der Waals surface area contributed by atoms with Crippen molar-refractivity contribution in [1.29, 1.82) is 0 Å². The van der Waals surface area contributed by atoms with Crippen LogP contribution in [-0.2, 0) is 10.5 Å². The molecule has 2 aromatic rings. The van der Waals surface area contributed by atoms with E-state index in [2.05, 4.69) is 17.6 Å². The number of rotatable bonds is 3. The quantitative estimate of drug-likeness (QED) is 0.659. The second kappa shape index (κ2) is 5.27. The summed E-state index contributed by atoms with van der Waals surface area (Å²) in [6.45, 7) is 1.94. The summed E-state index contributed by atoms with van der Waals surface area (Å²) in [5, 5.41) is 0.479. The molecule has 0 aliphatic carbocycles. The summed E-state index contributed by atoms with van der Waals surface area (Å²) < 4.78 is 4.84. The van der Waals surface area contributed by atoms with Crippen LogP contribution in [0.3, 0.4) is 0 Å². The molecule has 0 spiro atoms. The first kappa shape index (κ1) is 12.7. The molecule has 2 rings (SSSR count). The average molecular weight is 263 g/mol. The Morgan fingerprint density at radius 3 is 2.89 bits per heavy atom. The van der Waals surface area contributed by atoms with Crippen molar-refractivity contribution in [2.75, 3.05) is 6.61 Å². The van der Waals surface area contributed by atoms with Crippen molar-refractivity contribution in [2.24, 2.45) is 0 Å². The van der Waals surface area contributed by atoms with Crippen molar-refractivity contribution < 1.29 is 9.53 Å². The number of ether oxygens (including phenoxy) is 1. The third-order valence-electron chi connectivity index (χ3n) is 2.67. The summed E-state index contributed by atoms with van der Waals surface area (Å²) in [6.07, 6.45) is 1.40. The highest BCUT2D eigenvalue weighted by Crippen LogP contribution is 2.15. The molecule has 0 radical (unpaired) electrons. The number of carbonyl (C=O) groups is 1. The zero-order chi connectivity index (χ0) is 13.1. The van der Waals surface area contributed by atoms with E-state index in [0.717, 1.165) is 5.56 Å². The van der Waals surface area contributed by atoms with Crippen molar-refractivity contribution in [3.05, 3.63) is 45.7 Å². The summed E-state index contributed by atoms with van der Waals surface area (Å²) in [5.74, 6) is -0.0802. The van der Waals surface area contributed by atoms with Gasteiger partial charge in [-0.3, -0.25) is 4.79 Å². The SMILES string of the molecule is CCOC(=O)c1c[nH]c2c(CS)cccc2c1=O. The number of hydrogen-bond donors (Lipinski definition) is 2. The van der Waals surface area contributed by atoms with E-state index in [1.54, 1.807) is 19.1 Å². The number of para-hydroxylation sites is 1. The molecule has 1 aromatic carbocycles. The number of carbonyl (C=O) groups excluding carboxylic acids is 1. The van der Waals surface area contributed by atoms with Crippen LogP contribution in [0.25, 0.3) is 10.9 Å². The topological polar surface area (TPSA) is 59.2 Å². The Labute approximate surface area is 109 Å². The van der Waals surface area contributed by atoms with Crippen LogP contribution in [0.2, 0.25) is 0 Å². The molecule has 0 bridgehead atoms. The predicted molar refractivity (Wildman–Crippen MR) is 73.2 cm³/mol. The Bertz CT molecular complexity index is 648.